The number of aromatic nitrogens is 1. The van der Waals surface area contributed by atoms with E-state index in [1.165, 1.54) is 0 Å². The van der Waals surface area contributed by atoms with Gasteiger partial charge >= 0.3 is 0 Å². The van der Waals surface area contributed by atoms with E-state index < -0.39 is 0 Å². The Kier molecular flexibility index (Phi) is 5.01. The molecule has 1 saturated heterocycles. The zero-order valence-corrected chi connectivity index (χ0v) is 15.7. The van der Waals surface area contributed by atoms with Crippen LogP contribution < -0.4 is 19.7 Å². The highest BCUT2D eigenvalue weighted by Gasteiger charge is 2.20. The fraction of sp³-hybridized carbons (Fsp3) is 0.350. The van der Waals surface area contributed by atoms with Crippen molar-refractivity contribution in [3.63, 3.8) is 0 Å². The van der Waals surface area contributed by atoms with Gasteiger partial charge in [0.2, 0.25) is 12.7 Å². The van der Waals surface area contributed by atoms with E-state index in [2.05, 4.69) is 15.2 Å². The molecule has 0 bridgehead atoms. The highest BCUT2D eigenvalue weighted by atomic mass is 16.7. The van der Waals surface area contributed by atoms with Gasteiger partial charge in [0.1, 0.15) is 5.69 Å². The van der Waals surface area contributed by atoms with E-state index in [4.69, 9.17) is 9.47 Å². The SMILES string of the molecule is CC(=O)N1CCN(c2ccnc(C(=O)NCc3ccc4c(c3)OCO4)c2)CC1. The van der Waals surface area contributed by atoms with Crippen molar-refractivity contribution >= 4 is 17.5 Å². The third kappa shape index (κ3) is 3.85. The Morgan fingerprint density at radius 3 is 2.64 bits per heavy atom. The third-order valence-corrected chi connectivity index (χ3v) is 4.96. The van der Waals surface area contributed by atoms with Crippen molar-refractivity contribution in [1.29, 1.82) is 0 Å². The second-order valence-corrected chi connectivity index (χ2v) is 6.76. The van der Waals surface area contributed by atoms with E-state index in [9.17, 15) is 9.59 Å². The van der Waals surface area contributed by atoms with Gasteiger partial charge in [0, 0.05) is 51.5 Å². The van der Waals surface area contributed by atoms with Gasteiger partial charge in [-0.2, -0.15) is 0 Å². The number of anilines is 1. The van der Waals surface area contributed by atoms with E-state index in [0.717, 1.165) is 24.3 Å². The first-order valence-electron chi connectivity index (χ1n) is 9.23. The molecule has 4 rings (SSSR count). The van der Waals surface area contributed by atoms with E-state index in [1.54, 1.807) is 19.2 Å². The Morgan fingerprint density at radius 1 is 1.07 bits per heavy atom. The minimum atomic E-state index is -0.234. The Morgan fingerprint density at radius 2 is 1.86 bits per heavy atom. The van der Waals surface area contributed by atoms with E-state index in [0.29, 0.717) is 36.8 Å². The normalized spacial score (nSPS) is 15.5. The topological polar surface area (TPSA) is 84.0 Å². The highest BCUT2D eigenvalue weighted by molar-refractivity contribution is 5.93. The summed E-state index contributed by atoms with van der Waals surface area (Å²) < 4.78 is 10.7. The lowest BCUT2D eigenvalue weighted by Crippen LogP contribution is -2.48. The maximum absolute atomic E-state index is 12.5. The molecule has 2 amide bonds. The number of nitrogens with zero attached hydrogens (tertiary/aromatic N) is 3. The number of ether oxygens (including phenoxy) is 2. The number of piperazine rings is 1. The number of nitrogens with one attached hydrogen (secondary N) is 1. The molecule has 2 aliphatic rings. The molecule has 1 aromatic carbocycles. The number of fused-ring (bicyclic) bond motifs is 1. The third-order valence-electron chi connectivity index (χ3n) is 4.96. The molecule has 8 nitrogen and oxygen atoms in total. The van der Waals surface area contributed by atoms with Crippen molar-refractivity contribution < 1.29 is 19.1 Å². The second kappa shape index (κ2) is 7.75. The molecule has 2 aromatic rings. The summed E-state index contributed by atoms with van der Waals surface area (Å²) in [6.45, 7) is 5.03. The van der Waals surface area contributed by atoms with Crippen molar-refractivity contribution in [3.05, 3.63) is 47.8 Å². The minimum Gasteiger partial charge on any atom is -0.454 e. The quantitative estimate of drug-likeness (QED) is 0.861. The van der Waals surface area contributed by atoms with Crippen LogP contribution in [0.3, 0.4) is 0 Å². The van der Waals surface area contributed by atoms with Crippen molar-refractivity contribution in [2.45, 2.75) is 13.5 Å². The van der Waals surface area contributed by atoms with Crippen LogP contribution >= 0.6 is 0 Å². The van der Waals surface area contributed by atoms with Crippen LogP contribution in [0, 0.1) is 0 Å². The summed E-state index contributed by atoms with van der Waals surface area (Å²) >= 11 is 0. The molecule has 0 unspecified atom stereocenters. The first kappa shape index (κ1) is 18.1. The summed E-state index contributed by atoms with van der Waals surface area (Å²) in [5.74, 6) is 1.27. The summed E-state index contributed by atoms with van der Waals surface area (Å²) in [7, 11) is 0. The Labute approximate surface area is 163 Å². The van der Waals surface area contributed by atoms with Gasteiger partial charge in [-0.3, -0.25) is 14.6 Å². The van der Waals surface area contributed by atoms with Crippen molar-refractivity contribution in [3.8, 4) is 11.5 Å². The average molecular weight is 382 g/mol. The molecule has 28 heavy (non-hydrogen) atoms. The Hall–Kier alpha value is -3.29. The number of pyridine rings is 1. The van der Waals surface area contributed by atoms with Crippen molar-refractivity contribution in [1.82, 2.24) is 15.2 Å². The van der Waals surface area contributed by atoms with Crippen LogP contribution in [0.4, 0.5) is 5.69 Å². The summed E-state index contributed by atoms with van der Waals surface area (Å²) in [5.41, 5.74) is 2.23. The van der Waals surface area contributed by atoms with Crippen molar-refractivity contribution in [2.24, 2.45) is 0 Å². The molecule has 0 radical (unpaired) electrons. The molecule has 0 spiro atoms. The standard InChI is InChI=1S/C20H22N4O4/c1-14(25)23-6-8-24(9-7-23)16-4-5-21-17(11-16)20(26)22-12-15-2-3-18-19(10-15)28-13-27-18/h2-5,10-11H,6-9,12-13H2,1H3,(H,22,26). The van der Waals surface area contributed by atoms with Crippen LogP contribution in [-0.4, -0.2) is 54.7 Å². The number of hydrogen-bond donors (Lipinski definition) is 1. The molecule has 1 aromatic heterocycles. The van der Waals surface area contributed by atoms with Crippen LogP contribution in [-0.2, 0) is 11.3 Å². The predicted molar refractivity (Wildman–Crippen MR) is 102 cm³/mol. The van der Waals surface area contributed by atoms with Gasteiger partial charge in [-0.05, 0) is 29.8 Å². The number of rotatable bonds is 4. The number of amides is 2. The van der Waals surface area contributed by atoms with Crippen LogP contribution in [0.15, 0.2) is 36.5 Å². The lowest BCUT2D eigenvalue weighted by molar-refractivity contribution is -0.129. The van der Waals surface area contributed by atoms with Crippen molar-refractivity contribution in [2.75, 3.05) is 37.9 Å². The average Bonchev–Trinajstić information content (AvgIpc) is 3.20. The zero-order chi connectivity index (χ0) is 19.5. The molecule has 2 aliphatic heterocycles. The van der Waals surface area contributed by atoms with Crippen LogP contribution in [0.5, 0.6) is 11.5 Å². The fourth-order valence-corrected chi connectivity index (χ4v) is 3.34. The molecular weight excluding hydrogens is 360 g/mol. The predicted octanol–water partition coefficient (Wildman–Crippen LogP) is 1.41. The summed E-state index contributed by atoms with van der Waals surface area (Å²) in [5, 5.41) is 2.89. The number of carbonyl (C=O) groups is 2. The summed E-state index contributed by atoms with van der Waals surface area (Å²) in [4.78, 5) is 32.2. The first-order valence-corrected chi connectivity index (χ1v) is 9.23. The van der Waals surface area contributed by atoms with Crippen LogP contribution in [0.25, 0.3) is 0 Å². The molecule has 0 atom stereocenters. The molecular formula is C20H22N4O4. The lowest BCUT2D eigenvalue weighted by Gasteiger charge is -2.35. The molecule has 3 heterocycles. The number of hydrogen-bond acceptors (Lipinski definition) is 6. The molecule has 8 heteroatoms. The molecule has 1 N–H and O–H groups in total. The van der Waals surface area contributed by atoms with Gasteiger partial charge < -0.3 is 24.6 Å². The second-order valence-electron chi connectivity index (χ2n) is 6.76. The lowest BCUT2D eigenvalue weighted by atomic mass is 10.2. The highest BCUT2D eigenvalue weighted by Crippen LogP contribution is 2.32. The Balaban J connectivity index is 1.37. The van der Waals surface area contributed by atoms with Gasteiger partial charge in [-0.1, -0.05) is 6.07 Å². The molecule has 146 valence electrons. The Bertz CT molecular complexity index is 894. The first-order chi connectivity index (χ1) is 13.6. The van der Waals surface area contributed by atoms with E-state index in [-0.39, 0.29) is 18.6 Å². The van der Waals surface area contributed by atoms with E-state index in [1.807, 2.05) is 29.2 Å². The van der Waals surface area contributed by atoms with Gasteiger partial charge in [0.25, 0.3) is 5.91 Å². The molecule has 0 saturated carbocycles. The van der Waals surface area contributed by atoms with Gasteiger partial charge in [0.15, 0.2) is 11.5 Å². The number of benzene rings is 1. The van der Waals surface area contributed by atoms with Gasteiger partial charge in [-0.15, -0.1) is 0 Å². The molecule has 0 aliphatic carbocycles. The summed E-state index contributed by atoms with van der Waals surface area (Å²) in [6, 6.07) is 9.27. The maximum atomic E-state index is 12.5. The minimum absolute atomic E-state index is 0.0953. The van der Waals surface area contributed by atoms with Crippen LogP contribution in [0.1, 0.15) is 23.0 Å². The fourth-order valence-electron chi connectivity index (χ4n) is 3.34. The zero-order valence-electron chi connectivity index (χ0n) is 15.7. The van der Waals surface area contributed by atoms with Gasteiger partial charge in [-0.25, -0.2) is 0 Å². The van der Waals surface area contributed by atoms with Gasteiger partial charge in [0.05, 0.1) is 0 Å². The smallest absolute Gasteiger partial charge is 0.270 e. The summed E-state index contributed by atoms with van der Waals surface area (Å²) in [6.07, 6.45) is 1.64. The number of carbonyl (C=O) groups excluding carboxylic acids is 2. The molecule has 1 fully saturated rings. The maximum Gasteiger partial charge on any atom is 0.270 e. The largest absolute Gasteiger partial charge is 0.454 e. The monoisotopic (exact) mass is 382 g/mol. The van der Waals surface area contributed by atoms with Crippen LogP contribution in [0.2, 0.25) is 0 Å². The van der Waals surface area contributed by atoms with E-state index >= 15 is 0 Å².